The van der Waals surface area contributed by atoms with Crippen molar-refractivity contribution in [2.24, 2.45) is 5.92 Å². The van der Waals surface area contributed by atoms with Gasteiger partial charge in [-0.15, -0.1) is 11.3 Å². The number of aliphatic carboxylic acids is 1. The van der Waals surface area contributed by atoms with Gasteiger partial charge in [-0.2, -0.15) is 0 Å². The number of H-pyrrole nitrogens is 1. The number of aryl methyl sites for hydroxylation is 1. The molecular formula is C16H19N3O4S. The number of nitrogens with zero attached hydrogens (tertiary/aromatic N) is 1. The number of nitrogens with one attached hydrogen (secondary N) is 2. The van der Waals surface area contributed by atoms with Crippen LogP contribution in [0.5, 0.6) is 0 Å². The second kappa shape index (κ2) is 7.14. The number of aromatic amines is 1. The summed E-state index contributed by atoms with van der Waals surface area (Å²) in [7, 11) is 0. The van der Waals surface area contributed by atoms with Crippen molar-refractivity contribution in [3.63, 3.8) is 0 Å². The molecule has 1 aliphatic heterocycles. The van der Waals surface area contributed by atoms with Crippen LogP contribution in [0.1, 0.15) is 28.3 Å². The van der Waals surface area contributed by atoms with Crippen molar-refractivity contribution >= 4 is 23.2 Å². The van der Waals surface area contributed by atoms with E-state index in [2.05, 4.69) is 15.3 Å². The highest BCUT2D eigenvalue weighted by molar-refractivity contribution is 7.09. The molecule has 1 fully saturated rings. The van der Waals surface area contributed by atoms with E-state index in [1.165, 1.54) is 11.3 Å². The molecule has 2 atom stereocenters. The molecule has 0 saturated carbocycles. The molecule has 24 heavy (non-hydrogen) atoms. The summed E-state index contributed by atoms with van der Waals surface area (Å²) in [6.45, 7) is 2.91. The van der Waals surface area contributed by atoms with E-state index in [1.54, 1.807) is 12.3 Å². The molecule has 1 aliphatic rings. The van der Waals surface area contributed by atoms with Crippen LogP contribution >= 0.6 is 11.3 Å². The van der Waals surface area contributed by atoms with Crippen LogP contribution in [0.3, 0.4) is 0 Å². The number of hydrogen-bond acceptors (Lipinski definition) is 5. The highest BCUT2D eigenvalue weighted by Gasteiger charge is 2.31. The van der Waals surface area contributed by atoms with E-state index in [-0.39, 0.29) is 5.92 Å². The Morgan fingerprint density at radius 1 is 1.54 bits per heavy atom. The molecule has 3 heterocycles. The molecule has 2 aromatic heterocycles. The Morgan fingerprint density at radius 3 is 3.00 bits per heavy atom. The fraction of sp³-hybridized carbons (Fsp3) is 0.438. The Hall–Kier alpha value is -2.19. The van der Waals surface area contributed by atoms with Gasteiger partial charge >= 0.3 is 5.97 Å². The minimum absolute atomic E-state index is 0.212. The molecular weight excluding hydrogens is 330 g/mol. The highest BCUT2D eigenvalue weighted by Crippen LogP contribution is 2.23. The number of carbonyl (C=O) groups is 2. The standard InChI is InChI=1S/C16H19N3O4S/c1-9-18-13(8-24-9)11-5-12(17-6-11)15(20)19-14(16(21)22)10-3-2-4-23-7-10/h5-6,8,10,14,17H,2-4,7H2,1H3,(H,19,20)(H,21,22). The maximum atomic E-state index is 12.4. The lowest BCUT2D eigenvalue weighted by Crippen LogP contribution is -2.48. The third kappa shape index (κ3) is 3.65. The monoisotopic (exact) mass is 349 g/mol. The molecule has 0 aliphatic carbocycles. The first-order valence-electron chi connectivity index (χ1n) is 7.77. The van der Waals surface area contributed by atoms with Crippen molar-refractivity contribution in [1.82, 2.24) is 15.3 Å². The molecule has 0 radical (unpaired) electrons. The molecule has 2 unspecified atom stereocenters. The van der Waals surface area contributed by atoms with Gasteiger partial charge < -0.3 is 20.1 Å². The van der Waals surface area contributed by atoms with Crippen LogP contribution in [-0.4, -0.2) is 46.2 Å². The lowest BCUT2D eigenvalue weighted by atomic mass is 9.93. The fourth-order valence-electron chi connectivity index (χ4n) is 2.80. The maximum absolute atomic E-state index is 12.4. The van der Waals surface area contributed by atoms with Gasteiger partial charge in [0.2, 0.25) is 0 Å². The van der Waals surface area contributed by atoms with Gasteiger partial charge in [0.05, 0.1) is 17.3 Å². The predicted molar refractivity (Wildman–Crippen MR) is 89.1 cm³/mol. The smallest absolute Gasteiger partial charge is 0.326 e. The highest BCUT2D eigenvalue weighted by atomic mass is 32.1. The van der Waals surface area contributed by atoms with Crippen molar-refractivity contribution in [3.8, 4) is 11.3 Å². The third-order valence-corrected chi connectivity index (χ3v) is 4.84. The maximum Gasteiger partial charge on any atom is 0.326 e. The molecule has 3 N–H and O–H groups in total. The Balaban J connectivity index is 1.71. The van der Waals surface area contributed by atoms with Crippen LogP contribution in [0.25, 0.3) is 11.3 Å². The van der Waals surface area contributed by atoms with E-state index in [4.69, 9.17) is 4.74 Å². The van der Waals surface area contributed by atoms with Crippen LogP contribution in [0, 0.1) is 12.8 Å². The summed E-state index contributed by atoms with van der Waals surface area (Å²) in [5.74, 6) is -1.69. The van der Waals surface area contributed by atoms with Crippen molar-refractivity contribution < 1.29 is 19.4 Å². The molecule has 3 rings (SSSR count). The minimum Gasteiger partial charge on any atom is -0.480 e. The van der Waals surface area contributed by atoms with E-state index < -0.39 is 17.9 Å². The normalized spacial score (nSPS) is 19.0. The topological polar surface area (TPSA) is 104 Å². The number of carboxylic acid groups (broad SMARTS) is 1. The molecule has 7 nitrogen and oxygen atoms in total. The predicted octanol–water partition coefficient (Wildman–Crippen LogP) is 2.06. The first-order valence-corrected chi connectivity index (χ1v) is 8.65. The zero-order valence-corrected chi connectivity index (χ0v) is 14.1. The minimum atomic E-state index is -1.04. The van der Waals surface area contributed by atoms with E-state index in [9.17, 15) is 14.7 Å². The van der Waals surface area contributed by atoms with Crippen molar-refractivity contribution in [2.75, 3.05) is 13.2 Å². The van der Waals surface area contributed by atoms with Gasteiger partial charge in [-0.3, -0.25) is 4.79 Å². The van der Waals surface area contributed by atoms with Gasteiger partial charge in [-0.25, -0.2) is 9.78 Å². The Bertz CT molecular complexity index is 733. The molecule has 8 heteroatoms. The van der Waals surface area contributed by atoms with Gasteiger partial charge in [-0.05, 0) is 25.8 Å². The van der Waals surface area contributed by atoms with Gasteiger partial charge in [-0.1, -0.05) is 0 Å². The first-order chi connectivity index (χ1) is 11.5. The largest absolute Gasteiger partial charge is 0.480 e. The number of carboxylic acids is 1. The number of carbonyl (C=O) groups excluding carboxylic acids is 1. The number of aromatic nitrogens is 2. The summed E-state index contributed by atoms with van der Waals surface area (Å²) in [4.78, 5) is 31.2. The van der Waals surface area contributed by atoms with Crippen LogP contribution in [0.15, 0.2) is 17.6 Å². The Kier molecular flexibility index (Phi) is 4.96. The molecule has 1 saturated heterocycles. The third-order valence-electron chi connectivity index (χ3n) is 4.06. The molecule has 0 bridgehead atoms. The number of amides is 1. The van der Waals surface area contributed by atoms with E-state index in [0.717, 1.165) is 29.1 Å². The molecule has 0 spiro atoms. The average molecular weight is 349 g/mol. The molecule has 2 aromatic rings. The molecule has 0 aromatic carbocycles. The summed E-state index contributed by atoms with van der Waals surface area (Å²) < 4.78 is 5.34. The molecule has 128 valence electrons. The lowest BCUT2D eigenvalue weighted by Gasteiger charge is -2.27. The van der Waals surface area contributed by atoms with Crippen LogP contribution in [-0.2, 0) is 9.53 Å². The lowest BCUT2D eigenvalue weighted by molar-refractivity contribution is -0.142. The number of ether oxygens (including phenoxy) is 1. The van der Waals surface area contributed by atoms with Crippen molar-refractivity contribution in [2.45, 2.75) is 25.8 Å². The molecule has 1 amide bonds. The van der Waals surface area contributed by atoms with Crippen LogP contribution in [0.4, 0.5) is 0 Å². The SMILES string of the molecule is Cc1nc(-c2c[nH]c(C(=O)NC(C(=O)O)C3CCCOC3)c2)cs1. The summed E-state index contributed by atoms with van der Waals surface area (Å²) in [6.07, 6.45) is 3.23. The van der Waals surface area contributed by atoms with Crippen LogP contribution < -0.4 is 5.32 Å². The van der Waals surface area contributed by atoms with Crippen molar-refractivity contribution in [1.29, 1.82) is 0 Å². The van der Waals surface area contributed by atoms with Gasteiger partial charge in [0, 0.05) is 29.7 Å². The summed E-state index contributed by atoms with van der Waals surface area (Å²) in [5, 5.41) is 14.9. The van der Waals surface area contributed by atoms with Gasteiger partial charge in [0.25, 0.3) is 5.91 Å². The van der Waals surface area contributed by atoms with E-state index >= 15 is 0 Å². The average Bonchev–Trinajstić information content (AvgIpc) is 3.21. The zero-order chi connectivity index (χ0) is 17.1. The first kappa shape index (κ1) is 16.7. The summed E-state index contributed by atoms with van der Waals surface area (Å²) in [6, 6.07) is 0.728. The number of thiazole rings is 1. The number of hydrogen-bond donors (Lipinski definition) is 3. The number of rotatable bonds is 5. The van der Waals surface area contributed by atoms with Gasteiger partial charge in [0.1, 0.15) is 11.7 Å². The Labute approximate surface area is 143 Å². The van der Waals surface area contributed by atoms with Gasteiger partial charge in [0.15, 0.2) is 0 Å². The quantitative estimate of drug-likeness (QED) is 0.766. The van der Waals surface area contributed by atoms with E-state index in [1.807, 2.05) is 12.3 Å². The van der Waals surface area contributed by atoms with Crippen LogP contribution in [0.2, 0.25) is 0 Å². The van der Waals surface area contributed by atoms with E-state index in [0.29, 0.717) is 18.9 Å². The second-order valence-electron chi connectivity index (χ2n) is 5.82. The fourth-order valence-corrected chi connectivity index (χ4v) is 3.42. The summed E-state index contributed by atoms with van der Waals surface area (Å²) >= 11 is 1.53. The zero-order valence-electron chi connectivity index (χ0n) is 13.2. The Morgan fingerprint density at radius 2 is 2.38 bits per heavy atom. The summed E-state index contributed by atoms with van der Waals surface area (Å²) in [5.41, 5.74) is 1.92. The van der Waals surface area contributed by atoms with Crippen molar-refractivity contribution in [3.05, 3.63) is 28.3 Å². The second-order valence-corrected chi connectivity index (χ2v) is 6.88.